The Labute approximate surface area is 153 Å². The summed E-state index contributed by atoms with van der Waals surface area (Å²) in [5, 5.41) is 9.79. The van der Waals surface area contributed by atoms with Gasteiger partial charge in [0.25, 0.3) is 11.5 Å². The first kappa shape index (κ1) is 17.2. The molecule has 1 fully saturated rings. The van der Waals surface area contributed by atoms with Crippen LogP contribution in [-0.2, 0) is 4.74 Å². The number of carbonyl (C=O) groups is 1. The van der Waals surface area contributed by atoms with Crippen LogP contribution in [0.15, 0.2) is 53.6 Å². The average molecular weight is 369 g/mol. The molecule has 0 unspecified atom stereocenters. The first-order valence-electron chi connectivity index (χ1n) is 8.40. The smallest absolute Gasteiger partial charge is 0.270 e. The third-order valence-corrected chi connectivity index (χ3v) is 4.54. The predicted molar refractivity (Wildman–Crippen MR) is 94.1 cm³/mol. The van der Waals surface area contributed by atoms with Crippen molar-refractivity contribution in [3.63, 3.8) is 0 Å². The van der Waals surface area contributed by atoms with Gasteiger partial charge in [-0.1, -0.05) is 12.1 Å². The Balaban J connectivity index is 1.62. The van der Waals surface area contributed by atoms with Gasteiger partial charge in [-0.25, -0.2) is 9.37 Å². The van der Waals surface area contributed by atoms with Crippen LogP contribution in [0.3, 0.4) is 0 Å². The number of aromatic hydroxyl groups is 1. The Morgan fingerprint density at radius 3 is 2.81 bits per heavy atom. The van der Waals surface area contributed by atoms with Crippen LogP contribution < -0.4 is 5.56 Å². The zero-order chi connectivity index (χ0) is 19.0. The maximum Gasteiger partial charge on any atom is 0.270 e. The number of rotatable bonds is 2. The monoisotopic (exact) mass is 369 g/mol. The van der Waals surface area contributed by atoms with Gasteiger partial charge in [-0.15, -0.1) is 0 Å². The van der Waals surface area contributed by atoms with E-state index in [2.05, 4.69) is 4.98 Å². The minimum atomic E-state index is -0.550. The van der Waals surface area contributed by atoms with Crippen molar-refractivity contribution in [3.8, 4) is 5.75 Å². The van der Waals surface area contributed by atoms with Gasteiger partial charge in [0.15, 0.2) is 11.4 Å². The van der Waals surface area contributed by atoms with Gasteiger partial charge in [-0.3, -0.25) is 14.0 Å². The number of benzene rings is 1. The Hall–Kier alpha value is -3.26. The van der Waals surface area contributed by atoms with E-state index in [9.17, 15) is 19.1 Å². The summed E-state index contributed by atoms with van der Waals surface area (Å²) in [5.41, 5.74) is 0.209. The van der Waals surface area contributed by atoms with Gasteiger partial charge >= 0.3 is 0 Å². The molecule has 1 N–H and O–H groups in total. The number of fused-ring (bicyclic) bond motifs is 1. The number of halogens is 1. The number of amides is 1. The molecule has 8 heteroatoms. The number of hydrogen-bond donors (Lipinski definition) is 1. The minimum Gasteiger partial charge on any atom is -0.504 e. The summed E-state index contributed by atoms with van der Waals surface area (Å²) in [6, 6.07) is 8.82. The fourth-order valence-electron chi connectivity index (χ4n) is 3.12. The van der Waals surface area contributed by atoms with Crippen molar-refractivity contribution in [1.82, 2.24) is 14.3 Å². The molecule has 1 atom stereocenters. The van der Waals surface area contributed by atoms with Gasteiger partial charge in [0.2, 0.25) is 0 Å². The van der Waals surface area contributed by atoms with Crippen LogP contribution in [0, 0.1) is 5.82 Å². The van der Waals surface area contributed by atoms with Crippen LogP contribution in [0.5, 0.6) is 5.75 Å². The lowest BCUT2D eigenvalue weighted by atomic mass is 10.1. The first-order chi connectivity index (χ1) is 13.0. The molecule has 0 bridgehead atoms. The normalized spacial score (nSPS) is 17.2. The number of carbonyl (C=O) groups excluding carboxylic acids is 1. The van der Waals surface area contributed by atoms with Crippen molar-refractivity contribution in [3.05, 3.63) is 76.1 Å². The second-order valence-corrected chi connectivity index (χ2v) is 6.23. The zero-order valence-electron chi connectivity index (χ0n) is 14.2. The minimum absolute atomic E-state index is 0.0853. The van der Waals surface area contributed by atoms with Gasteiger partial charge in [0.1, 0.15) is 17.5 Å². The third-order valence-electron chi connectivity index (χ3n) is 4.54. The SMILES string of the molecule is O=C(c1cnc2c(O)cccn2c1=O)N1CCO[C@H](c2ccc(F)cc2)C1. The van der Waals surface area contributed by atoms with E-state index in [1.807, 2.05) is 0 Å². The predicted octanol–water partition coefficient (Wildman–Crippen LogP) is 1.75. The van der Waals surface area contributed by atoms with Crippen molar-refractivity contribution >= 4 is 11.6 Å². The van der Waals surface area contributed by atoms with E-state index in [1.165, 1.54) is 41.6 Å². The van der Waals surface area contributed by atoms with E-state index >= 15 is 0 Å². The molecule has 0 radical (unpaired) electrons. The van der Waals surface area contributed by atoms with E-state index in [0.717, 1.165) is 9.96 Å². The van der Waals surface area contributed by atoms with Crippen molar-refractivity contribution in [1.29, 1.82) is 0 Å². The largest absolute Gasteiger partial charge is 0.504 e. The molecular formula is C19H16FN3O4. The summed E-state index contributed by atoms with van der Waals surface area (Å²) in [6.07, 6.45) is 2.23. The lowest BCUT2D eigenvalue weighted by Crippen LogP contribution is -2.44. The molecule has 138 valence electrons. The molecule has 27 heavy (non-hydrogen) atoms. The quantitative estimate of drug-likeness (QED) is 0.744. The zero-order valence-corrected chi connectivity index (χ0v) is 14.2. The summed E-state index contributed by atoms with van der Waals surface area (Å²) in [6.45, 7) is 0.877. The number of ether oxygens (including phenoxy) is 1. The van der Waals surface area contributed by atoms with E-state index < -0.39 is 17.6 Å². The molecule has 2 aromatic heterocycles. The van der Waals surface area contributed by atoms with Gasteiger partial charge in [-0.05, 0) is 29.8 Å². The van der Waals surface area contributed by atoms with E-state index in [0.29, 0.717) is 13.2 Å². The lowest BCUT2D eigenvalue weighted by Gasteiger charge is -2.33. The molecule has 3 heterocycles. The molecule has 3 aromatic rings. The van der Waals surface area contributed by atoms with Gasteiger partial charge in [-0.2, -0.15) is 0 Å². The Bertz CT molecular complexity index is 1060. The summed E-state index contributed by atoms with van der Waals surface area (Å²) in [4.78, 5) is 31.1. The number of hydrogen-bond acceptors (Lipinski definition) is 5. The summed E-state index contributed by atoms with van der Waals surface area (Å²) in [7, 11) is 0. The van der Waals surface area contributed by atoms with E-state index in [4.69, 9.17) is 4.74 Å². The molecule has 1 amide bonds. The van der Waals surface area contributed by atoms with Crippen LogP contribution in [0.4, 0.5) is 4.39 Å². The van der Waals surface area contributed by atoms with Crippen LogP contribution in [-0.4, -0.2) is 45.0 Å². The highest BCUT2D eigenvalue weighted by atomic mass is 19.1. The molecule has 0 aliphatic carbocycles. The van der Waals surface area contributed by atoms with Crippen LogP contribution in [0.2, 0.25) is 0 Å². The van der Waals surface area contributed by atoms with Crippen LogP contribution >= 0.6 is 0 Å². The molecular weight excluding hydrogens is 353 g/mol. The van der Waals surface area contributed by atoms with Gasteiger partial charge in [0.05, 0.1) is 13.2 Å². The van der Waals surface area contributed by atoms with Crippen molar-refractivity contribution in [2.75, 3.05) is 19.7 Å². The van der Waals surface area contributed by atoms with Gasteiger partial charge in [0, 0.05) is 18.9 Å². The lowest BCUT2D eigenvalue weighted by molar-refractivity contribution is -0.0229. The fourth-order valence-corrected chi connectivity index (χ4v) is 3.12. The molecule has 1 aliphatic rings. The molecule has 1 aliphatic heterocycles. The molecule has 0 spiro atoms. The first-order valence-corrected chi connectivity index (χ1v) is 8.40. The Kier molecular flexibility index (Phi) is 4.33. The summed E-state index contributed by atoms with van der Waals surface area (Å²) in [5.74, 6) is -0.946. The van der Waals surface area contributed by atoms with E-state index in [-0.39, 0.29) is 29.3 Å². The number of pyridine rings is 1. The van der Waals surface area contributed by atoms with Crippen molar-refractivity contribution < 1.29 is 19.0 Å². The molecule has 7 nitrogen and oxygen atoms in total. The summed E-state index contributed by atoms with van der Waals surface area (Å²) >= 11 is 0. The van der Waals surface area contributed by atoms with E-state index in [1.54, 1.807) is 12.1 Å². The highest BCUT2D eigenvalue weighted by Crippen LogP contribution is 2.23. The fraction of sp³-hybridized carbons (Fsp3) is 0.211. The molecule has 0 saturated carbocycles. The van der Waals surface area contributed by atoms with Crippen molar-refractivity contribution in [2.45, 2.75) is 6.10 Å². The molecule has 1 aromatic carbocycles. The summed E-state index contributed by atoms with van der Waals surface area (Å²) < 4.78 is 19.9. The number of aromatic nitrogens is 2. The standard InChI is InChI=1S/C19H16FN3O4/c20-13-5-3-12(4-6-13)16-11-22(8-9-27-16)18(25)14-10-21-17-15(24)2-1-7-23(17)19(14)26/h1-7,10,16,24H,8-9,11H2/t16-/m0/s1. The Morgan fingerprint density at radius 2 is 2.04 bits per heavy atom. The topological polar surface area (TPSA) is 84.1 Å². The van der Waals surface area contributed by atoms with Crippen LogP contribution in [0.25, 0.3) is 5.65 Å². The Morgan fingerprint density at radius 1 is 1.26 bits per heavy atom. The second-order valence-electron chi connectivity index (χ2n) is 6.23. The average Bonchev–Trinajstić information content (AvgIpc) is 2.69. The third kappa shape index (κ3) is 3.15. The number of morpholine rings is 1. The maximum atomic E-state index is 13.1. The number of nitrogens with zero attached hydrogens (tertiary/aromatic N) is 3. The highest BCUT2D eigenvalue weighted by Gasteiger charge is 2.28. The van der Waals surface area contributed by atoms with Gasteiger partial charge < -0.3 is 14.7 Å². The molecule has 1 saturated heterocycles. The maximum absolute atomic E-state index is 13.1. The van der Waals surface area contributed by atoms with Crippen LogP contribution in [0.1, 0.15) is 22.0 Å². The second kappa shape index (κ2) is 6.81. The molecule has 4 rings (SSSR count). The highest BCUT2D eigenvalue weighted by molar-refractivity contribution is 5.94. The van der Waals surface area contributed by atoms with Crippen molar-refractivity contribution in [2.24, 2.45) is 0 Å².